The van der Waals surface area contributed by atoms with E-state index in [0.29, 0.717) is 5.92 Å². The summed E-state index contributed by atoms with van der Waals surface area (Å²) in [5, 5.41) is 9.42. The smallest absolute Gasteiger partial charge is 0.326 e. The fourth-order valence-electron chi connectivity index (χ4n) is 3.54. The number of carbonyl (C=O) groups is 1. The van der Waals surface area contributed by atoms with E-state index in [9.17, 15) is 9.90 Å². The summed E-state index contributed by atoms with van der Waals surface area (Å²) in [6.07, 6.45) is 8.77. The highest BCUT2D eigenvalue weighted by Gasteiger charge is 2.33. The zero-order valence-electron chi connectivity index (χ0n) is 14.4. The molecule has 0 saturated heterocycles. The maximum Gasteiger partial charge on any atom is 0.326 e. The lowest BCUT2D eigenvalue weighted by atomic mass is 9.95. The minimum atomic E-state index is -0.770. The molecule has 2 heterocycles. The van der Waals surface area contributed by atoms with Gasteiger partial charge in [0.2, 0.25) is 0 Å². The molecule has 0 radical (unpaired) electrons. The molecule has 1 aliphatic heterocycles. The van der Waals surface area contributed by atoms with Crippen LogP contribution in [0.1, 0.15) is 43.7 Å². The third-order valence-corrected chi connectivity index (χ3v) is 4.92. The number of carboxylic acids is 1. The van der Waals surface area contributed by atoms with Gasteiger partial charge in [0.25, 0.3) is 0 Å². The van der Waals surface area contributed by atoms with Crippen molar-refractivity contribution in [2.24, 2.45) is 0 Å². The predicted molar refractivity (Wildman–Crippen MR) is 94.5 cm³/mol. The van der Waals surface area contributed by atoms with Crippen molar-refractivity contribution >= 4 is 11.7 Å². The molecule has 1 aromatic heterocycles. The van der Waals surface area contributed by atoms with E-state index in [1.54, 1.807) is 13.1 Å². The molecule has 5 heteroatoms. The van der Waals surface area contributed by atoms with E-state index >= 15 is 0 Å². The van der Waals surface area contributed by atoms with Crippen LogP contribution in [0.5, 0.6) is 0 Å². The van der Waals surface area contributed by atoms with Gasteiger partial charge >= 0.3 is 5.97 Å². The highest BCUT2D eigenvalue weighted by molar-refractivity contribution is 5.79. The Kier molecular flexibility index (Phi) is 4.88. The number of hydrogen-bond acceptors (Lipinski definition) is 3. The molecular formula is C19H25N3O2. The topological polar surface area (TPSA) is 58.4 Å². The Hall–Kier alpha value is -2.30. The van der Waals surface area contributed by atoms with E-state index in [4.69, 9.17) is 0 Å². The fourth-order valence-corrected chi connectivity index (χ4v) is 3.54. The van der Waals surface area contributed by atoms with Crippen LogP contribution in [0, 0.1) is 0 Å². The Balaban J connectivity index is 1.85. The molecule has 2 atom stereocenters. The zero-order valence-corrected chi connectivity index (χ0v) is 14.4. The number of carboxylic acid groups (broad SMARTS) is 1. The Bertz CT molecular complexity index is 697. The summed E-state index contributed by atoms with van der Waals surface area (Å²) < 4.78 is 2.08. The average Bonchev–Trinajstić information content (AvgIpc) is 3.20. The SMILES string of the molecule is CCCc1ccc2c(c1)C(CCn1ccnc1)CN2C(C)C(=O)O. The Labute approximate surface area is 142 Å². The average molecular weight is 327 g/mol. The first-order chi connectivity index (χ1) is 11.6. The van der Waals surface area contributed by atoms with Gasteiger partial charge in [-0.05, 0) is 37.0 Å². The molecule has 0 bridgehead atoms. The standard InChI is InChI=1S/C19H25N3O2/c1-3-4-15-5-6-18-17(11-15)16(7-9-21-10-8-20-13-21)12-22(18)14(2)19(23)24/h5-6,8,10-11,13-14,16H,3-4,7,9,12H2,1-2H3,(H,23,24). The van der Waals surface area contributed by atoms with Gasteiger partial charge < -0.3 is 14.6 Å². The third kappa shape index (κ3) is 3.30. The maximum absolute atomic E-state index is 11.5. The van der Waals surface area contributed by atoms with Gasteiger partial charge in [-0.25, -0.2) is 9.78 Å². The van der Waals surface area contributed by atoms with Crippen molar-refractivity contribution in [1.29, 1.82) is 0 Å². The van der Waals surface area contributed by atoms with E-state index in [0.717, 1.165) is 38.0 Å². The normalized spacial score (nSPS) is 17.8. The number of benzene rings is 1. The van der Waals surface area contributed by atoms with E-state index in [-0.39, 0.29) is 0 Å². The van der Waals surface area contributed by atoms with Crippen LogP contribution in [0.15, 0.2) is 36.9 Å². The fraction of sp³-hybridized carbons (Fsp3) is 0.474. The minimum absolute atomic E-state index is 0.362. The Morgan fingerprint density at radius 2 is 2.29 bits per heavy atom. The number of hydrogen-bond donors (Lipinski definition) is 1. The Morgan fingerprint density at radius 3 is 2.96 bits per heavy atom. The number of aryl methyl sites for hydroxylation is 2. The molecule has 128 valence electrons. The molecule has 1 aliphatic rings. The molecule has 0 saturated carbocycles. The number of anilines is 1. The van der Waals surface area contributed by atoms with Crippen molar-refractivity contribution < 1.29 is 9.90 Å². The number of fused-ring (bicyclic) bond motifs is 1. The van der Waals surface area contributed by atoms with Crippen LogP contribution in [0.2, 0.25) is 0 Å². The summed E-state index contributed by atoms with van der Waals surface area (Å²) in [4.78, 5) is 17.6. The molecule has 2 unspecified atom stereocenters. The summed E-state index contributed by atoms with van der Waals surface area (Å²) >= 11 is 0. The molecule has 0 amide bonds. The lowest BCUT2D eigenvalue weighted by Crippen LogP contribution is -2.38. The van der Waals surface area contributed by atoms with Crippen molar-refractivity contribution in [1.82, 2.24) is 9.55 Å². The van der Waals surface area contributed by atoms with Gasteiger partial charge in [-0.3, -0.25) is 0 Å². The largest absolute Gasteiger partial charge is 0.480 e. The summed E-state index contributed by atoms with van der Waals surface area (Å²) in [6, 6.07) is 6.03. The molecule has 1 aromatic carbocycles. The highest BCUT2D eigenvalue weighted by Crippen LogP contribution is 2.40. The summed E-state index contributed by atoms with van der Waals surface area (Å²) in [7, 11) is 0. The van der Waals surface area contributed by atoms with Crippen LogP contribution in [-0.4, -0.2) is 33.2 Å². The van der Waals surface area contributed by atoms with Gasteiger partial charge in [0.1, 0.15) is 6.04 Å². The van der Waals surface area contributed by atoms with Gasteiger partial charge in [0.15, 0.2) is 0 Å². The van der Waals surface area contributed by atoms with Gasteiger partial charge in [0, 0.05) is 37.1 Å². The predicted octanol–water partition coefficient (Wildman–Crippen LogP) is 3.30. The molecule has 2 aromatic rings. The molecule has 24 heavy (non-hydrogen) atoms. The maximum atomic E-state index is 11.5. The zero-order chi connectivity index (χ0) is 17.1. The van der Waals surface area contributed by atoms with Crippen molar-refractivity contribution in [3.63, 3.8) is 0 Å². The molecule has 0 fully saturated rings. The quantitative estimate of drug-likeness (QED) is 0.848. The van der Waals surface area contributed by atoms with E-state index in [2.05, 4.69) is 34.7 Å². The molecule has 0 aliphatic carbocycles. The van der Waals surface area contributed by atoms with Crippen LogP contribution in [0.3, 0.4) is 0 Å². The van der Waals surface area contributed by atoms with Crippen LogP contribution < -0.4 is 4.90 Å². The molecular weight excluding hydrogens is 302 g/mol. The van der Waals surface area contributed by atoms with Gasteiger partial charge in [-0.2, -0.15) is 0 Å². The monoisotopic (exact) mass is 327 g/mol. The first kappa shape index (κ1) is 16.6. The first-order valence-corrected chi connectivity index (χ1v) is 8.68. The molecule has 0 spiro atoms. The van der Waals surface area contributed by atoms with Gasteiger partial charge in [0.05, 0.1) is 6.33 Å². The molecule has 1 N–H and O–H groups in total. The summed E-state index contributed by atoms with van der Waals surface area (Å²) in [5.74, 6) is -0.408. The minimum Gasteiger partial charge on any atom is -0.480 e. The lowest BCUT2D eigenvalue weighted by molar-refractivity contribution is -0.138. The van der Waals surface area contributed by atoms with Crippen molar-refractivity contribution in [2.45, 2.75) is 51.6 Å². The number of nitrogens with zero attached hydrogens (tertiary/aromatic N) is 3. The lowest BCUT2D eigenvalue weighted by Gasteiger charge is -2.24. The number of rotatable bonds is 7. The number of aromatic nitrogens is 2. The summed E-state index contributed by atoms with van der Waals surface area (Å²) in [5.41, 5.74) is 3.73. The van der Waals surface area contributed by atoms with Crippen LogP contribution in [0.4, 0.5) is 5.69 Å². The Morgan fingerprint density at radius 1 is 1.46 bits per heavy atom. The van der Waals surface area contributed by atoms with E-state index in [1.165, 1.54) is 11.1 Å². The number of imidazole rings is 1. The van der Waals surface area contributed by atoms with Gasteiger partial charge in [-0.15, -0.1) is 0 Å². The van der Waals surface area contributed by atoms with Crippen molar-refractivity contribution in [2.75, 3.05) is 11.4 Å². The van der Waals surface area contributed by atoms with Crippen LogP contribution in [0.25, 0.3) is 0 Å². The molecule has 5 nitrogen and oxygen atoms in total. The highest BCUT2D eigenvalue weighted by atomic mass is 16.4. The van der Waals surface area contributed by atoms with Crippen LogP contribution in [-0.2, 0) is 17.8 Å². The van der Waals surface area contributed by atoms with Crippen LogP contribution >= 0.6 is 0 Å². The van der Waals surface area contributed by atoms with E-state index in [1.807, 2.05) is 17.4 Å². The van der Waals surface area contributed by atoms with Crippen molar-refractivity contribution in [3.05, 3.63) is 48.0 Å². The number of aliphatic carboxylic acids is 1. The second-order valence-electron chi connectivity index (χ2n) is 6.60. The second-order valence-corrected chi connectivity index (χ2v) is 6.60. The van der Waals surface area contributed by atoms with Gasteiger partial charge in [-0.1, -0.05) is 25.5 Å². The first-order valence-electron chi connectivity index (χ1n) is 8.68. The molecule has 3 rings (SSSR count). The second kappa shape index (κ2) is 7.07. The summed E-state index contributed by atoms with van der Waals surface area (Å²) in [6.45, 7) is 5.62. The third-order valence-electron chi connectivity index (χ3n) is 4.92. The van der Waals surface area contributed by atoms with E-state index < -0.39 is 12.0 Å². The van der Waals surface area contributed by atoms with Crippen molar-refractivity contribution in [3.8, 4) is 0 Å².